The first-order valence-electron chi connectivity index (χ1n) is 11.7. The van der Waals surface area contributed by atoms with Gasteiger partial charge in [-0.25, -0.2) is 13.4 Å². The van der Waals surface area contributed by atoms with Crippen molar-refractivity contribution in [3.05, 3.63) is 53.2 Å². The SMILES string of the molecule is CC(=O)N1c2ccc(C(=O)NC3CCS(=O)(=O)CC3)cc2C(Nc2cccc(C)n2)C(C)C1C. The van der Waals surface area contributed by atoms with Crippen LogP contribution in [-0.4, -0.2) is 48.8 Å². The highest BCUT2D eigenvalue weighted by molar-refractivity contribution is 7.91. The summed E-state index contributed by atoms with van der Waals surface area (Å²) in [6.45, 7) is 7.61. The predicted molar refractivity (Wildman–Crippen MR) is 133 cm³/mol. The number of nitrogens with zero attached hydrogens (tertiary/aromatic N) is 2. The van der Waals surface area contributed by atoms with Gasteiger partial charge in [-0.1, -0.05) is 13.0 Å². The van der Waals surface area contributed by atoms with Crippen LogP contribution in [0.4, 0.5) is 11.5 Å². The van der Waals surface area contributed by atoms with E-state index < -0.39 is 9.84 Å². The Morgan fingerprint density at radius 1 is 1.09 bits per heavy atom. The fourth-order valence-corrected chi connectivity index (χ4v) is 6.42. The molecule has 182 valence electrons. The quantitative estimate of drug-likeness (QED) is 0.690. The van der Waals surface area contributed by atoms with Crippen molar-refractivity contribution in [1.82, 2.24) is 10.3 Å². The topological polar surface area (TPSA) is 108 Å². The second kappa shape index (κ2) is 9.37. The maximum atomic E-state index is 13.1. The lowest BCUT2D eigenvalue weighted by Crippen LogP contribution is -2.48. The molecule has 4 rings (SSSR count). The number of aromatic nitrogens is 1. The van der Waals surface area contributed by atoms with Gasteiger partial charge in [0.15, 0.2) is 0 Å². The molecular formula is C25H32N4O4S. The van der Waals surface area contributed by atoms with Gasteiger partial charge in [0.2, 0.25) is 5.91 Å². The second-order valence-electron chi connectivity index (χ2n) is 9.45. The van der Waals surface area contributed by atoms with Crippen LogP contribution in [-0.2, 0) is 14.6 Å². The van der Waals surface area contributed by atoms with Gasteiger partial charge in [0.25, 0.3) is 5.91 Å². The number of benzene rings is 1. The summed E-state index contributed by atoms with van der Waals surface area (Å²) in [5, 5.41) is 6.52. The van der Waals surface area contributed by atoms with Crippen molar-refractivity contribution in [2.75, 3.05) is 21.7 Å². The normalized spacial score (nSPS) is 24.2. The summed E-state index contributed by atoms with van der Waals surface area (Å²) < 4.78 is 23.4. The number of aryl methyl sites for hydroxylation is 1. The van der Waals surface area contributed by atoms with Crippen LogP contribution >= 0.6 is 0 Å². The summed E-state index contributed by atoms with van der Waals surface area (Å²) in [7, 11) is -3.00. The van der Waals surface area contributed by atoms with Crippen LogP contribution in [0.5, 0.6) is 0 Å². The third kappa shape index (κ3) is 4.94. The molecule has 34 heavy (non-hydrogen) atoms. The van der Waals surface area contributed by atoms with Gasteiger partial charge in [0.05, 0.1) is 17.5 Å². The Morgan fingerprint density at radius 3 is 2.44 bits per heavy atom. The molecule has 8 nitrogen and oxygen atoms in total. The molecule has 0 radical (unpaired) electrons. The lowest BCUT2D eigenvalue weighted by molar-refractivity contribution is -0.117. The lowest BCUT2D eigenvalue weighted by atomic mass is 9.82. The molecule has 9 heteroatoms. The highest BCUT2D eigenvalue weighted by Crippen LogP contribution is 2.42. The van der Waals surface area contributed by atoms with Crippen LogP contribution in [0.2, 0.25) is 0 Å². The van der Waals surface area contributed by atoms with E-state index >= 15 is 0 Å². The van der Waals surface area contributed by atoms with Gasteiger partial charge in [0.1, 0.15) is 15.7 Å². The fourth-order valence-electron chi connectivity index (χ4n) is 4.93. The minimum atomic E-state index is -3.00. The number of nitrogens with one attached hydrogen (secondary N) is 2. The van der Waals surface area contributed by atoms with E-state index in [1.54, 1.807) is 17.9 Å². The Morgan fingerprint density at radius 2 is 1.79 bits per heavy atom. The molecule has 3 heterocycles. The number of sulfone groups is 1. The zero-order chi connectivity index (χ0) is 24.6. The van der Waals surface area contributed by atoms with Gasteiger partial charge in [-0.15, -0.1) is 0 Å². The minimum absolute atomic E-state index is 0.0452. The molecule has 2 aliphatic rings. The molecule has 1 fully saturated rings. The Hall–Kier alpha value is -2.94. The van der Waals surface area contributed by atoms with Crippen molar-refractivity contribution in [2.24, 2.45) is 5.92 Å². The van der Waals surface area contributed by atoms with Crippen LogP contribution in [0.1, 0.15) is 61.3 Å². The van der Waals surface area contributed by atoms with E-state index in [0.717, 1.165) is 22.8 Å². The number of hydrogen-bond donors (Lipinski definition) is 2. The van der Waals surface area contributed by atoms with Crippen LogP contribution in [0, 0.1) is 12.8 Å². The van der Waals surface area contributed by atoms with Crippen LogP contribution < -0.4 is 15.5 Å². The Balaban J connectivity index is 1.66. The average molecular weight is 485 g/mol. The Kier molecular flexibility index (Phi) is 6.66. The van der Waals surface area contributed by atoms with E-state index in [2.05, 4.69) is 22.5 Å². The Bertz CT molecular complexity index is 1200. The number of pyridine rings is 1. The maximum Gasteiger partial charge on any atom is 0.251 e. The number of rotatable bonds is 4. The molecule has 0 aliphatic carbocycles. The van der Waals surface area contributed by atoms with E-state index in [4.69, 9.17) is 0 Å². The zero-order valence-corrected chi connectivity index (χ0v) is 20.9. The van der Waals surface area contributed by atoms with Gasteiger partial charge < -0.3 is 15.5 Å². The number of fused-ring (bicyclic) bond motifs is 1. The molecule has 0 spiro atoms. The monoisotopic (exact) mass is 484 g/mol. The summed E-state index contributed by atoms with van der Waals surface area (Å²) in [4.78, 5) is 32.0. The second-order valence-corrected chi connectivity index (χ2v) is 11.8. The van der Waals surface area contributed by atoms with Crippen molar-refractivity contribution in [3.63, 3.8) is 0 Å². The third-order valence-corrected chi connectivity index (χ3v) is 8.71. The molecule has 3 atom stereocenters. The zero-order valence-electron chi connectivity index (χ0n) is 20.0. The molecule has 2 aliphatic heterocycles. The third-order valence-electron chi connectivity index (χ3n) is 7.00. The number of amides is 2. The molecule has 0 saturated carbocycles. The van der Waals surface area contributed by atoms with Crippen molar-refractivity contribution in [3.8, 4) is 0 Å². The molecule has 1 aromatic heterocycles. The molecule has 0 bridgehead atoms. The summed E-state index contributed by atoms with van der Waals surface area (Å²) in [6, 6.07) is 10.8. The average Bonchev–Trinajstić information content (AvgIpc) is 2.78. The first-order chi connectivity index (χ1) is 16.1. The van der Waals surface area contributed by atoms with Crippen LogP contribution in [0.15, 0.2) is 36.4 Å². The maximum absolute atomic E-state index is 13.1. The highest BCUT2D eigenvalue weighted by Gasteiger charge is 2.38. The van der Waals surface area contributed by atoms with Crippen molar-refractivity contribution >= 4 is 33.2 Å². The van der Waals surface area contributed by atoms with E-state index in [-0.39, 0.29) is 47.4 Å². The van der Waals surface area contributed by atoms with Crippen molar-refractivity contribution in [2.45, 2.75) is 58.7 Å². The molecule has 2 N–H and O–H groups in total. The summed E-state index contributed by atoms with van der Waals surface area (Å²) >= 11 is 0. The lowest BCUT2D eigenvalue weighted by Gasteiger charge is -2.44. The first kappa shape index (κ1) is 24.2. The van der Waals surface area contributed by atoms with Gasteiger partial charge in [-0.3, -0.25) is 9.59 Å². The number of anilines is 2. The molecule has 2 aromatic rings. The fraction of sp³-hybridized carbons (Fsp3) is 0.480. The first-order valence-corrected chi connectivity index (χ1v) is 13.5. The Labute approximate surface area is 201 Å². The van der Waals surface area contributed by atoms with E-state index in [1.807, 2.05) is 44.2 Å². The van der Waals surface area contributed by atoms with E-state index in [0.29, 0.717) is 18.4 Å². The van der Waals surface area contributed by atoms with E-state index in [1.165, 1.54) is 0 Å². The largest absolute Gasteiger partial charge is 0.363 e. The smallest absolute Gasteiger partial charge is 0.251 e. The van der Waals surface area contributed by atoms with Crippen LogP contribution in [0.25, 0.3) is 0 Å². The van der Waals surface area contributed by atoms with Crippen LogP contribution in [0.3, 0.4) is 0 Å². The van der Waals surface area contributed by atoms with Crippen molar-refractivity contribution in [1.29, 1.82) is 0 Å². The summed E-state index contributed by atoms with van der Waals surface area (Å²) in [6.07, 6.45) is 0.851. The molecular weight excluding hydrogens is 452 g/mol. The van der Waals surface area contributed by atoms with Gasteiger partial charge >= 0.3 is 0 Å². The molecule has 1 aromatic carbocycles. The summed E-state index contributed by atoms with van der Waals surface area (Å²) in [5.41, 5.74) is 3.03. The minimum Gasteiger partial charge on any atom is -0.363 e. The summed E-state index contributed by atoms with van der Waals surface area (Å²) in [5.74, 6) is 0.708. The molecule has 2 amide bonds. The van der Waals surface area contributed by atoms with Gasteiger partial charge in [-0.05, 0) is 62.6 Å². The standard InChI is InChI=1S/C25H32N4O4S/c1-15-6-5-7-23(26-15)28-24-16(2)17(3)29(18(4)30)22-9-8-19(14-21(22)24)25(31)27-20-10-12-34(32,33)13-11-20/h5-9,14,16-17,20,24H,10-13H2,1-4H3,(H,26,28)(H,27,31). The van der Waals surface area contributed by atoms with E-state index in [9.17, 15) is 18.0 Å². The number of carbonyl (C=O) groups excluding carboxylic acids is 2. The molecule has 3 unspecified atom stereocenters. The molecule has 1 saturated heterocycles. The highest BCUT2D eigenvalue weighted by atomic mass is 32.2. The van der Waals surface area contributed by atoms with Gasteiger partial charge in [0, 0.05) is 41.9 Å². The van der Waals surface area contributed by atoms with Crippen molar-refractivity contribution < 1.29 is 18.0 Å². The van der Waals surface area contributed by atoms with Gasteiger partial charge in [-0.2, -0.15) is 0 Å². The number of carbonyl (C=O) groups is 2. The number of hydrogen-bond acceptors (Lipinski definition) is 6. The predicted octanol–water partition coefficient (Wildman–Crippen LogP) is 3.24.